The highest BCUT2D eigenvalue weighted by Gasteiger charge is 2.04. The largest absolute Gasteiger partial charge is 0.487 e. The summed E-state index contributed by atoms with van der Waals surface area (Å²) >= 11 is 0. The number of rotatable bonds is 6. The molecule has 2 heterocycles. The average Bonchev–Trinajstić information content (AvgIpc) is 2.96. The third kappa shape index (κ3) is 3.90. The number of fused-ring (bicyclic) bond motifs is 1. The minimum atomic E-state index is 0.477. The zero-order valence-electron chi connectivity index (χ0n) is 13.9. The molecule has 23 heavy (non-hydrogen) atoms. The zero-order valence-corrected chi connectivity index (χ0v) is 13.9. The van der Waals surface area contributed by atoms with E-state index in [1.807, 2.05) is 35.0 Å². The molecule has 3 aromatic rings. The summed E-state index contributed by atoms with van der Waals surface area (Å²) in [5, 5.41) is 3.41. The van der Waals surface area contributed by atoms with Crippen LogP contribution in [0.5, 0.6) is 5.75 Å². The van der Waals surface area contributed by atoms with E-state index >= 15 is 0 Å². The molecule has 0 saturated heterocycles. The van der Waals surface area contributed by atoms with E-state index in [2.05, 4.69) is 49.3 Å². The van der Waals surface area contributed by atoms with E-state index in [1.54, 1.807) is 0 Å². The predicted octanol–water partition coefficient (Wildman–Crippen LogP) is 3.72. The van der Waals surface area contributed by atoms with Gasteiger partial charge in [0, 0.05) is 25.0 Å². The van der Waals surface area contributed by atoms with Gasteiger partial charge in [-0.15, -0.1) is 0 Å². The molecule has 1 aromatic carbocycles. The Labute approximate surface area is 137 Å². The lowest BCUT2D eigenvalue weighted by Gasteiger charge is -2.09. The van der Waals surface area contributed by atoms with Crippen LogP contribution in [0, 0.1) is 6.92 Å². The molecular weight excluding hydrogens is 286 g/mol. The lowest BCUT2D eigenvalue weighted by atomic mass is 10.2. The highest BCUT2D eigenvalue weighted by molar-refractivity contribution is 5.47. The molecule has 0 radical (unpaired) electrons. The van der Waals surface area contributed by atoms with Crippen molar-refractivity contribution in [2.24, 2.45) is 0 Å². The van der Waals surface area contributed by atoms with Crippen LogP contribution in [0.1, 0.15) is 30.7 Å². The summed E-state index contributed by atoms with van der Waals surface area (Å²) in [7, 11) is 0. The highest BCUT2D eigenvalue weighted by Crippen LogP contribution is 2.15. The Kier molecular flexibility index (Phi) is 4.63. The standard InChI is InChI=1S/C19H23N3O/c1-14(2)20-11-16-6-8-18(9-7-16)23-13-17-12-22-10-4-5-15(3)19(22)21-17/h4-10,12,14,20H,11,13H2,1-3H3. The molecule has 1 N–H and O–H groups in total. The molecule has 0 spiro atoms. The zero-order chi connectivity index (χ0) is 16.2. The summed E-state index contributed by atoms with van der Waals surface area (Å²) in [4.78, 5) is 4.62. The van der Waals surface area contributed by atoms with Gasteiger partial charge < -0.3 is 14.5 Å². The lowest BCUT2D eigenvalue weighted by Crippen LogP contribution is -2.21. The fourth-order valence-corrected chi connectivity index (χ4v) is 2.46. The van der Waals surface area contributed by atoms with Crippen LogP contribution in [0.3, 0.4) is 0 Å². The minimum absolute atomic E-state index is 0.477. The number of nitrogens with zero attached hydrogens (tertiary/aromatic N) is 2. The monoisotopic (exact) mass is 309 g/mol. The first-order chi connectivity index (χ1) is 11.1. The second-order valence-corrected chi connectivity index (χ2v) is 6.12. The second kappa shape index (κ2) is 6.84. The van der Waals surface area contributed by atoms with E-state index in [1.165, 1.54) is 11.1 Å². The van der Waals surface area contributed by atoms with Crippen molar-refractivity contribution in [3.05, 3.63) is 65.6 Å². The van der Waals surface area contributed by atoms with Crippen molar-refractivity contribution in [1.82, 2.24) is 14.7 Å². The van der Waals surface area contributed by atoms with Crippen LogP contribution >= 0.6 is 0 Å². The maximum atomic E-state index is 5.85. The summed E-state index contributed by atoms with van der Waals surface area (Å²) in [5.74, 6) is 0.868. The fraction of sp³-hybridized carbons (Fsp3) is 0.316. The van der Waals surface area contributed by atoms with Gasteiger partial charge in [-0.2, -0.15) is 0 Å². The Morgan fingerprint density at radius 1 is 1.17 bits per heavy atom. The van der Waals surface area contributed by atoms with Crippen LogP contribution in [0.4, 0.5) is 0 Å². The molecule has 0 aliphatic carbocycles. The summed E-state index contributed by atoms with van der Waals surface area (Å²) in [6, 6.07) is 12.8. The number of nitrogens with one attached hydrogen (secondary N) is 1. The Morgan fingerprint density at radius 2 is 1.96 bits per heavy atom. The topological polar surface area (TPSA) is 38.6 Å². The average molecular weight is 309 g/mol. The molecule has 2 aromatic heterocycles. The number of aromatic nitrogens is 2. The van der Waals surface area contributed by atoms with Gasteiger partial charge in [-0.05, 0) is 36.2 Å². The van der Waals surface area contributed by atoms with Gasteiger partial charge >= 0.3 is 0 Å². The first-order valence-electron chi connectivity index (χ1n) is 8.00. The number of hydrogen-bond acceptors (Lipinski definition) is 3. The van der Waals surface area contributed by atoms with E-state index in [9.17, 15) is 0 Å². The maximum Gasteiger partial charge on any atom is 0.140 e. The van der Waals surface area contributed by atoms with Gasteiger partial charge in [-0.25, -0.2) is 4.98 Å². The third-order valence-electron chi connectivity index (χ3n) is 3.75. The van der Waals surface area contributed by atoms with Crippen LogP contribution in [0.25, 0.3) is 5.65 Å². The molecule has 0 aliphatic rings. The van der Waals surface area contributed by atoms with E-state index in [0.717, 1.165) is 23.6 Å². The van der Waals surface area contributed by atoms with Crippen molar-refractivity contribution in [2.75, 3.05) is 0 Å². The second-order valence-electron chi connectivity index (χ2n) is 6.12. The van der Waals surface area contributed by atoms with Crippen molar-refractivity contribution in [1.29, 1.82) is 0 Å². The number of benzene rings is 1. The highest BCUT2D eigenvalue weighted by atomic mass is 16.5. The number of ether oxygens (including phenoxy) is 1. The molecule has 0 unspecified atom stereocenters. The molecule has 120 valence electrons. The summed E-state index contributed by atoms with van der Waals surface area (Å²) in [6.07, 6.45) is 4.03. The van der Waals surface area contributed by atoms with Gasteiger partial charge in [-0.3, -0.25) is 0 Å². The number of pyridine rings is 1. The van der Waals surface area contributed by atoms with Gasteiger partial charge in [0.15, 0.2) is 0 Å². The van der Waals surface area contributed by atoms with E-state index < -0.39 is 0 Å². The molecule has 4 heteroatoms. The fourth-order valence-electron chi connectivity index (χ4n) is 2.46. The van der Waals surface area contributed by atoms with Crippen molar-refractivity contribution in [2.45, 2.75) is 40.0 Å². The Morgan fingerprint density at radius 3 is 2.65 bits per heavy atom. The molecule has 0 saturated carbocycles. The number of aryl methyl sites for hydroxylation is 1. The van der Waals surface area contributed by atoms with Gasteiger partial charge in [0.2, 0.25) is 0 Å². The Balaban J connectivity index is 1.62. The Hall–Kier alpha value is -2.33. The van der Waals surface area contributed by atoms with E-state index in [-0.39, 0.29) is 0 Å². The number of hydrogen-bond donors (Lipinski definition) is 1. The van der Waals surface area contributed by atoms with Crippen molar-refractivity contribution >= 4 is 5.65 Å². The van der Waals surface area contributed by atoms with E-state index in [4.69, 9.17) is 4.74 Å². The molecule has 0 atom stereocenters. The van der Waals surface area contributed by atoms with Gasteiger partial charge in [0.05, 0.1) is 5.69 Å². The maximum absolute atomic E-state index is 5.85. The number of imidazole rings is 1. The third-order valence-corrected chi connectivity index (χ3v) is 3.75. The first-order valence-corrected chi connectivity index (χ1v) is 8.00. The van der Waals surface area contributed by atoms with Crippen molar-refractivity contribution in [3.63, 3.8) is 0 Å². The van der Waals surface area contributed by atoms with Crippen LogP contribution in [0.2, 0.25) is 0 Å². The Bertz CT molecular complexity index is 775. The summed E-state index contributed by atoms with van der Waals surface area (Å²) in [6.45, 7) is 7.72. The molecule has 0 fully saturated rings. The van der Waals surface area contributed by atoms with Gasteiger partial charge in [0.25, 0.3) is 0 Å². The van der Waals surface area contributed by atoms with Gasteiger partial charge in [0.1, 0.15) is 18.0 Å². The summed E-state index contributed by atoms with van der Waals surface area (Å²) in [5.41, 5.74) is 4.35. The molecule has 0 bridgehead atoms. The van der Waals surface area contributed by atoms with Crippen molar-refractivity contribution < 1.29 is 4.74 Å². The molecular formula is C19H23N3O. The van der Waals surface area contributed by atoms with Crippen molar-refractivity contribution in [3.8, 4) is 5.75 Å². The quantitative estimate of drug-likeness (QED) is 0.754. The molecule has 0 amide bonds. The van der Waals surface area contributed by atoms with Crippen LogP contribution in [-0.2, 0) is 13.2 Å². The van der Waals surface area contributed by atoms with Crippen LogP contribution in [-0.4, -0.2) is 15.4 Å². The normalized spacial score (nSPS) is 11.3. The predicted molar refractivity (Wildman–Crippen MR) is 92.7 cm³/mol. The molecule has 4 nitrogen and oxygen atoms in total. The molecule has 3 rings (SSSR count). The molecule has 0 aliphatic heterocycles. The van der Waals surface area contributed by atoms with Crippen LogP contribution < -0.4 is 10.1 Å². The van der Waals surface area contributed by atoms with Crippen LogP contribution in [0.15, 0.2) is 48.8 Å². The smallest absolute Gasteiger partial charge is 0.140 e. The minimum Gasteiger partial charge on any atom is -0.487 e. The SMILES string of the molecule is Cc1cccn2cc(COc3ccc(CNC(C)C)cc3)nc12. The van der Waals surface area contributed by atoms with Gasteiger partial charge in [-0.1, -0.05) is 32.0 Å². The lowest BCUT2D eigenvalue weighted by molar-refractivity contribution is 0.302. The summed E-state index contributed by atoms with van der Waals surface area (Å²) < 4.78 is 7.88. The van der Waals surface area contributed by atoms with E-state index in [0.29, 0.717) is 12.6 Å². The first kappa shape index (κ1) is 15.6.